The summed E-state index contributed by atoms with van der Waals surface area (Å²) in [6.45, 7) is 1.26. The van der Waals surface area contributed by atoms with Crippen LogP contribution in [0.4, 0.5) is 13.2 Å². The summed E-state index contributed by atoms with van der Waals surface area (Å²) in [5.74, 6) is -1.30. The number of nitrogens with zero attached hydrogens (tertiary/aromatic N) is 2. The number of amides is 1. The van der Waals surface area contributed by atoms with Crippen molar-refractivity contribution < 1.29 is 18.0 Å². The Labute approximate surface area is 159 Å². The highest BCUT2D eigenvalue weighted by Gasteiger charge is 2.42. The van der Waals surface area contributed by atoms with Crippen LogP contribution in [0.2, 0.25) is 0 Å². The fourth-order valence-electron chi connectivity index (χ4n) is 3.76. The Bertz CT molecular complexity index is 838. The van der Waals surface area contributed by atoms with Crippen LogP contribution in [-0.2, 0) is 0 Å². The van der Waals surface area contributed by atoms with E-state index in [1.165, 1.54) is 26.0 Å². The molecule has 0 aliphatic heterocycles. The summed E-state index contributed by atoms with van der Waals surface area (Å²) in [4.78, 5) is 21.4. The number of thiazole rings is 1. The number of pyridine rings is 1. The lowest BCUT2D eigenvalue weighted by atomic mass is 9.78. The minimum Gasteiger partial charge on any atom is -0.349 e. The highest BCUT2D eigenvalue weighted by molar-refractivity contribution is 7.18. The van der Waals surface area contributed by atoms with Gasteiger partial charge >= 0.3 is 6.18 Å². The molecule has 2 aromatic rings. The molecule has 1 amide bonds. The number of hydrogen-bond donors (Lipinski definition) is 1. The van der Waals surface area contributed by atoms with E-state index in [0.29, 0.717) is 42.8 Å². The number of carbonyl (C=O) groups is 1. The zero-order chi connectivity index (χ0) is 19.2. The van der Waals surface area contributed by atoms with Crippen LogP contribution in [0.5, 0.6) is 0 Å². The molecule has 1 atom stereocenters. The van der Waals surface area contributed by atoms with Gasteiger partial charge in [0.25, 0.3) is 5.91 Å². The molecule has 0 spiro atoms. The average molecular weight is 397 g/mol. The number of alkyl halides is 3. The molecule has 2 aliphatic carbocycles. The van der Waals surface area contributed by atoms with Gasteiger partial charge in [0.05, 0.1) is 21.2 Å². The lowest BCUT2D eigenvalue weighted by Crippen LogP contribution is -2.40. The normalized spacial score (nSPS) is 24.7. The van der Waals surface area contributed by atoms with Crippen LogP contribution in [0.15, 0.2) is 12.3 Å². The summed E-state index contributed by atoms with van der Waals surface area (Å²) in [6, 6.07) is 1.74. The molecule has 2 fully saturated rings. The number of aromatic nitrogens is 2. The van der Waals surface area contributed by atoms with Crippen molar-refractivity contribution >= 4 is 27.6 Å². The predicted octanol–water partition coefficient (Wildman–Crippen LogP) is 5.06. The molecule has 0 radical (unpaired) electrons. The van der Waals surface area contributed by atoms with E-state index in [1.807, 2.05) is 6.07 Å². The highest BCUT2D eigenvalue weighted by atomic mass is 32.1. The van der Waals surface area contributed by atoms with Crippen molar-refractivity contribution in [2.45, 2.75) is 63.6 Å². The van der Waals surface area contributed by atoms with Crippen molar-refractivity contribution in [3.63, 3.8) is 0 Å². The quantitative estimate of drug-likeness (QED) is 0.785. The minimum absolute atomic E-state index is 0.0756. The second kappa shape index (κ2) is 7.04. The number of hydrogen-bond acceptors (Lipinski definition) is 4. The third-order valence-corrected chi connectivity index (χ3v) is 6.94. The molecule has 0 aromatic carbocycles. The molecule has 27 heavy (non-hydrogen) atoms. The van der Waals surface area contributed by atoms with Crippen molar-refractivity contribution in [2.24, 2.45) is 11.8 Å². The topological polar surface area (TPSA) is 54.9 Å². The van der Waals surface area contributed by atoms with E-state index in [4.69, 9.17) is 0 Å². The van der Waals surface area contributed by atoms with Crippen LogP contribution in [0.1, 0.15) is 66.7 Å². The molecular weight excluding hydrogens is 375 g/mol. The van der Waals surface area contributed by atoms with Gasteiger partial charge in [0.1, 0.15) is 0 Å². The number of nitrogens with one attached hydrogen (secondary N) is 1. The molecular formula is C19H22F3N3OS. The second-order valence-electron chi connectivity index (χ2n) is 7.79. The van der Waals surface area contributed by atoms with Gasteiger partial charge in [-0.2, -0.15) is 13.2 Å². The zero-order valence-electron chi connectivity index (χ0n) is 15.1. The molecule has 1 unspecified atom stereocenters. The Morgan fingerprint density at radius 3 is 2.56 bits per heavy atom. The molecule has 4 nitrogen and oxygen atoms in total. The van der Waals surface area contributed by atoms with Gasteiger partial charge in [0.2, 0.25) is 0 Å². The van der Waals surface area contributed by atoms with E-state index in [9.17, 15) is 18.0 Å². The third kappa shape index (κ3) is 4.10. The van der Waals surface area contributed by atoms with Crippen molar-refractivity contribution in [1.29, 1.82) is 0 Å². The smallest absolute Gasteiger partial charge is 0.349 e. The summed E-state index contributed by atoms with van der Waals surface area (Å²) in [5, 5.41) is 4.05. The van der Waals surface area contributed by atoms with Crippen LogP contribution in [0, 0.1) is 11.8 Å². The molecule has 8 heteroatoms. The minimum atomic E-state index is -4.14. The number of rotatable bonds is 4. The van der Waals surface area contributed by atoms with Gasteiger partial charge in [-0.25, -0.2) is 9.97 Å². The molecule has 1 N–H and O–H groups in total. The number of fused-ring (bicyclic) bond motifs is 1. The van der Waals surface area contributed by atoms with Crippen LogP contribution >= 0.6 is 11.3 Å². The summed E-state index contributed by atoms with van der Waals surface area (Å²) < 4.78 is 39.5. The molecule has 2 saturated carbocycles. The monoisotopic (exact) mass is 397 g/mol. The third-order valence-electron chi connectivity index (χ3n) is 5.78. The SMILES string of the molecule is CC(C1CCC(NC(=O)c2cnc3nc(C4CC4)sc3c2)CC1)C(F)(F)F. The first kappa shape index (κ1) is 18.7. The van der Waals surface area contributed by atoms with Crippen LogP contribution in [0.25, 0.3) is 10.3 Å². The number of carbonyl (C=O) groups excluding carboxylic acids is 1. The van der Waals surface area contributed by atoms with Crippen LogP contribution in [-0.4, -0.2) is 28.1 Å². The van der Waals surface area contributed by atoms with E-state index in [-0.39, 0.29) is 17.9 Å². The molecule has 4 rings (SSSR count). The predicted molar refractivity (Wildman–Crippen MR) is 97.8 cm³/mol. The molecule has 146 valence electrons. The van der Waals surface area contributed by atoms with E-state index in [1.54, 1.807) is 11.3 Å². The summed E-state index contributed by atoms with van der Waals surface area (Å²) in [5.41, 5.74) is 1.17. The molecule has 2 aliphatic rings. The van der Waals surface area contributed by atoms with E-state index >= 15 is 0 Å². The fraction of sp³-hybridized carbons (Fsp3) is 0.632. The van der Waals surface area contributed by atoms with Gasteiger partial charge in [0.15, 0.2) is 5.65 Å². The fourth-order valence-corrected chi connectivity index (χ4v) is 4.90. The lowest BCUT2D eigenvalue weighted by Gasteiger charge is -2.33. The van der Waals surface area contributed by atoms with Gasteiger partial charge in [0, 0.05) is 18.2 Å². The van der Waals surface area contributed by atoms with Crippen molar-refractivity contribution in [2.75, 3.05) is 0 Å². The first-order chi connectivity index (χ1) is 12.8. The van der Waals surface area contributed by atoms with Gasteiger partial charge in [-0.15, -0.1) is 11.3 Å². The highest BCUT2D eigenvalue weighted by Crippen LogP contribution is 2.43. The first-order valence-electron chi connectivity index (χ1n) is 9.45. The second-order valence-corrected chi connectivity index (χ2v) is 8.85. The van der Waals surface area contributed by atoms with Crippen molar-refractivity contribution in [3.05, 3.63) is 22.8 Å². The summed E-state index contributed by atoms with van der Waals surface area (Å²) in [7, 11) is 0. The Morgan fingerprint density at radius 2 is 1.93 bits per heavy atom. The van der Waals surface area contributed by atoms with E-state index < -0.39 is 12.1 Å². The maximum absolute atomic E-state index is 12.9. The number of halogens is 3. The largest absolute Gasteiger partial charge is 0.391 e. The van der Waals surface area contributed by atoms with Crippen LogP contribution in [0.3, 0.4) is 0 Å². The van der Waals surface area contributed by atoms with Gasteiger partial charge < -0.3 is 5.32 Å². The van der Waals surface area contributed by atoms with E-state index in [2.05, 4.69) is 15.3 Å². The van der Waals surface area contributed by atoms with Gasteiger partial charge in [-0.3, -0.25) is 4.79 Å². The van der Waals surface area contributed by atoms with Crippen molar-refractivity contribution in [1.82, 2.24) is 15.3 Å². The Balaban J connectivity index is 1.36. The van der Waals surface area contributed by atoms with Gasteiger partial charge in [-0.05, 0) is 50.5 Å². The summed E-state index contributed by atoms with van der Waals surface area (Å²) >= 11 is 1.59. The lowest BCUT2D eigenvalue weighted by molar-refractivity contribution is -0.186. The first-order valence-corrected chi connectivity index (χ1v) is 10.3. The Hall–Kier alpha value is -1.70. The maximum Gasteiger partial charge on any atom is 0.391 e. The van der Waals surface area contributed by atoms with Crippen molar-refractivity contribution in [3.8, 4) is 0 Å². The molecule has 0 saturated heterocycles. The zero-order valence-corrected chi connectivity index (χ0v) is 15.9. The molecule has 2 heterocycles. The molecule has 2 aromatic heterocycles. The van der Waals surface area contributed by atoms with E-state index in [0.717, 1.165) is 9.71 Å². The standard InChI is InChI=1S/C19H22F3N3OS/c1-10(19(20,21)22)11-4-6-14(7-5-11)24-17(26)13-8-15-16(23-9-13)25-18(27-15)12-2-3-12/h8-12,14H,2-7H2,1H3,(H,24,26). The van der Waals surface area contributed by atoms with Gasteiger partial charge in [-0.1, -0.05) is 6.92 Å². The average Bonchev–Trinajstić information content (AvgIpc) is 3.39. The molecule has 0 bridgehead atoms. The Morgan fingerprint density at radius 1 is 1.22 bits per heavy atom. The Kier molecular flexibility index (Phi) is 4.86. The maximum atomic E-state index is 12.9. The summed E-state index contributed by atoms with van der Waals surface area (Å²) in [6.07, 6.45) is 1.87. The van der Waals surface area contributed by atoms with Crippen LogP contribution < -0.4 is 5.32 Å².